The minimum Gasteiger partial charge on any atom is -0.495 e. The number of nitrogens with zero attached hydrogens (tertiary/aromatic N) is 2. The van der Waals surface area contributed by atoms with E-state index in [1.165, 1.54) is 4.31 Å². The number of rotatable bonds is 7. The number of nitrogens with one attached hydrogen (secondary N) is 1. The van der Waals surface area contributed by atoms with Gasteiger partial charge in [0.15, 0.2) is 0 Å². The molecule has 1 aliphatic heterocycles. The van der Waals surface area contributed by atoms with Gasteiger partial charge in [-0.1, -0.05) is 42.5 Å². The van der Waals surface area contributed by atoms with Crippen molar-refractivity contribution in [1.82, 2.24) is 9.21 Å². The third-order valence-electron chi connectivity index (χ3n) is 4.71. The van der Waals surface area contributed by atoms with E-state index >= 15 is 0 Å². The van der Waals surface area contributed by atoms with E-state index in [0.717, 1.165) is 11.3 Å². The van der Waals surface area contributed by atoms with Crippen molar-refractivity contribution < 1.29 is 17.9 Å². The van der Waals surface area contributed by atoms with E-state index in [9.17, 15) is 13.2 Å². The van der Waals surface area contributed by atoms with Gasteiger partial charge >= 0.3 is 0 Å². The Balaban J connectivity index is 1.51. The normalized spacial score (nSPS) is 15.2. The molecule has 7 nitrogen and oxygen atoms in total. The number of carbonyl (C=O) groups excluding carboxylic acids is 1. The zero-order valence-electron chi connectivity index (χ0n) is 15.9. The molecule has 0 bridgehead atoms. The van der Waals surface area contributed by atoms with Crippen molar-refractivity contribution >= 4 is 21.6 Å². The van der Waals surface area contributed by atoms with Crippen molar-refractivity contribution in [2.75, 3.05) is 45.2 Å². The van der Waals surface area contributed by atoms with Crippen LogP contribution in [-0.2, 0) is 20.6 Å². The molecule has 0 atom stereocenters. The van der Waals surface area contributed by atoms with Crippen LogP contribution in [0.15, 0.2) is 54.6 Å². The van der Waals surface area contributed by atoms with Gasteiger partial charge in [0.05, 0.1) is 25.1 Å². The third kappa shape index (κ3) is 5.02. The molecule has 0 aromatic heterocycles. The first kappa shape index (κ1) is 20.2. The Bertz CT molecular complexity index is 895. The molecule has 1 fully saturated rings. The number of methoxy groups -OCH3 is 1. The monoisotopic (exact) mass is 403 g/mol. The first-order valence-electron chi connectivity index (χ1n) is 9.16. The van der Waals surface area contributed by atoms with Crippen molar-refractivity contribution in [3.8, 4) is 5.75 Å². The lowest BCUT2D eigenvalue weighted by atomic mass is 10.2. The SMILES string of the molecule is COc1ccccc1NCC(=O)N1CCN(S(=O)(=O)Cc2ccccc2)CC1. The van der Waals surface area contributed by atoms with Gasteiger partial charge in [0, 0.05) is 26.2 Å². The second-order valence-corrected chi connectivity index (χ2v) is 8.54. The summed E-state index contributed by atoms with van der Waals surface area (Å²) in [6.07, 6.45) is 0. The van der Waals surface area contributed by atoms with Gasteiger partial charge in [-0.25, -0.2) is 8.42 Å². The molecule has 0 saturated carbocycles. The number of carbonyl (C=O) groups is 1. The van der Waals surface area contributed by atoms with Gasteiger partial charge in [-0.3, -0.25) is 4.79 Å². The number of para-hydroxylation sites is 2. The van der Waals surface area contributed by atoms with Gasteiger partial charge in [-0.15, -0.1) is 0 Å². The summed E-state index contributed by atoms with van der Waals surface area (Å²) in [7, 11) is -1.81. The summed E-state index contributed by atoms with van der Waals surface area (Å²) < 4.78 is 32.0. The van der Waals surface area contributed by atoms with E-state index in [0.29, 0.717) is 31.9 Å². The molecular weight excluding hydrogens is 378 g/mol. The van der Waals surface area contributed by atoms with Gasteiger partial charge in [-0.05, 0) is 17.7 Å². The summed E-state index contributed by atoms with van der Waals surface area (Å²) in [4.78, 5) is 14.2. The Hall–Kier alpha value is -2.58. The average molecular weight is 404 g/mol. The highest BCUT2D eigenvalue weighted by atomic mass is 32.2. The van der Waals surface area contributed by atoms with Gasteiger partial charge in [0.2, 0.25) is 15.9 Å². The average Bonchev–Trinajstić information content (AvgIpc) is 2.72. The summed E-state index contributed by atoms with van der Waals surface area (Å²) in [5.74, 6) is 0.593. The molecule has 2 aromatic rings. The number of anilines is 1. The topological polar surface area (TPSA) is 79.0 Å². The second kappa shape index (κ2) is 9.07. The number of amides is 1. The Morgan fingerprint density at radius 1 is 1.00 bits per heavy atom. The van der Waals surface area contributed by atoms with Gasteiger partial charge in [0.1, 0.15) is 5.75 Å². The molecule has 1 amide bonds. The Morgan fingerprint density at radius 2 is 1.64 bits per heavy atom. The predicted molar refractivity (Wildman–Crippen MR) is 109 cm³/mol. The fourth-order valence-electron chi connectivity index (χ4n) is 3.17. The number of hydrogen-bond acceptors (Lipinski definition) is 5. The Morgan fingerprint density at radius 3 is 2.32 bits per heavy atom. The highest BCUT2D eigenvalue weighted by molar-refractivity contribution is 7.88. The van der Waals surface area contributed by atoms with E-state index in [1.54, 1.807) is 24.1 Å². The van der Waals surface area contributed by atoms with Crippen LogP contribution in [0, 0.1) is 0 Å². The maximum absolute atomic E-state index is 12.6. The summed E-state index contributed by atoms with van der Waals surface area (Å²) in [6, 6.07) is 16.5. The highest BCUT2D eigenvalue weighted by Crippen LogP contribution is 2.22. The fraction of sp³-hybridized carbons (Fsp3) is 0.350. The molecule has 8 heteroatoms. The van der Waals surface area contributed by atoms with Crippen molar-refractivity contribution in [2.45, 2.75) is 5.75 Å². The van der Waals surface area contributed by atoms with Crippen LogP contribution in [0.25, 0.3) is 0 Å². The lowest BCUT2D eigenvalue weighted by molar-refractivity contribution is -0.130. The van der Waals surface area contributed by atoms with E-state index in [4.69, 9.17) is 4.74 Å². The summed E-state index contributed by atoms with van der Waals surface area (Å²) >= 11 is 0. The predicted octanol–water partition coefficient (Wildman–Crippen LogP) is 1.78. The van der Waals surface area contributed by atoms with E-state index in [1.807, 2.05) is 42.5 Å². The number of hydrogen-bond donors (Lipinski definition) is 1. The largest absolute Gasteiger partial charge is 0.495 e. The number of benzene rings is 2. The fourth-order valence-corrected chi connectivity index (χ4v) is 4.68. The van der Waals surface area contributed by atoms with E-state index in [-0.39, 0.29) is 18.2 Å². The zero-order valence-corrected chi connectivity index (χ0v) is 16.7. The molecule has 0 aliphatic carbocycles. The molecule has 0 radical (unpaired) electrons. The molecule has 150 valence electrons. The highest BCUT2D eigenvalue weighted by Gasteiger charge is 2.28. The first-order chi connectivity index (χ1) is 13.5. The van der Waals surface area contributed by atoms with Crippen LogP contribution in [0.5, 0.6) is 5.75 Å². The van der Waals surface area contributed by atoms with Crippen LogP contribution < -0.4 is 10.1 Å². The van der Waals surface area contributed by atoms with Crippen molar-refractivity contribution in [2.24, 2.45) is 0 Å². The van der Waals surface area contributed by atoms with Crippen molar-refractivity contribution in [3.05, 3.63) is 60.2 Å². The summed E-state index contributed by atoms with van der Waals surface area (Å²) in [5, 5.41) is 3.09. The molecule has 0 unspecified atom stereocenters. The second-order valence-electron chi connectivity index (χ2n) is 6.58. The molecule has 3 rings (SSSR count). The minimum atomic E-state index is -3.39. The Labute approximate surface area is 166 Å². The molecule has 1 N–H and O–H groups in total. The van der Waals surface area contributed by atoms with Crippen LogP contribution in [0.4, 0.5) is 5.69 Å². The first-order valence-corrected chi connectivity index (χ1v) is 10.8. The number of ether oxygens (including phenoxy) is 1. The smallest absolute Gasteiger partial charge is 0.241 e. The molecule has 1 saturated heterocycles. The van der Waals surface area contributed by atoms with Crippen LogP contribution >= 0.6 is 0 Å². The van der Waals surface area contributed by atoms with E-state index < -0.39 is 10.0 Å². The molecule has 2 aromatic carbocycles. The molecule has 28 heavy (non-hydrogen) atoms. The Kier molecular flexibility index (Phi) is 6.53. The van der Waals surface area contributed by atoms with Crippen LogP contribution in [0.2, 0.25) is 0 Å². The maximum Gasteiger partial charge on any atom is 0.241 e. The minimum absolute atomic E-state index is 0.0167. The zero-order chi connectivity index (χ0) is 20.0. The quantitative estimate of drug-likeness (QED) is 0.762. The molecule has 0 spiro atoms. The van der Waals surface area contributed by atoms with Crippen LogP contribution in [0.1, 0.15) is 5.56 Å². The molecule has 1 aliphatic rings. The standard InChI is InChI=1S/C20H25N3O4S/c1-27-19-10-6-5-9-18(19)21-15-20(24)22-11-13-23(14-12-22)28(25,26)16-17-7-3-2-4-8-17/h2-10,21H,11-16H2,1H3. The van der Waals surface area contributed by atoms with E-state index in [2.05, 4.69) is 5.32 Å². The lowest BCUT2D eigenvalue weighted by Gasteiger charge is -2.34. The molecule has 1 heterocycles. The summed E-state index contributed by atoms with van der Waals surface area (Å²) in [5.41, 5.74) is 1.52. The number of piperazine rings is 1. The maximum atomic E-state index is 12.6. The van der Waals surface area contributed by atoms with Crippen molar-refractivity contribution in [3.63, 3.8) is 0 Å². The van der Waals surface area contributed by atoms with Gasteiger partial charge in [0.25, 0.3) is 0 Å². The van der Waals surface area contributed by atoms with Crippen LogP contribution in [0.3, 0.4) is 0 Å². The lowest BCUT2D eigenvalue weighted by Crippen LogP contribution is -2.51. The van der Waals surface area contributed by atoms with Gasteiger partial charge < -0.3 is 15.0 Å². The summed E-state index contributed by atoms with van der Waals surface area (Å²) in [6.45, 7) is 1.54. The van der Waals surface area contributed by atoms with Crippen molar-refractivity contribution in [1.29, 1.82) is 0 Å². The number of sulfonamides is 1. The van der Waals surface area contributed by atoms with Gasteiger partial charge in [-0.2, -0.15) is 4.31 Å². The third-order valence-corrected chi connectivity index (χ3v) is 6.56. The molecular formula is C20H25N3O4S. The van der Waals surface area contributed by atoms with Crippen LogP contribution in [-0.4, -0.2) is 63.4 Å².